The quantitative estimate of drug-likeness (QED) is 0.421. The van der Waals surface area contributed by atoms with Gasteiger partial charge >= 0.3 is 5.97 Å². The fourth-order valence-corrected chi connectivity index (χ4v) is 1.41. The summed E-state index contributed by atoms with van der Waals surface area (Å²) in [6.45, 7) is 7.73. The molecule has 0 fully saturated rings. The van der Waals surface area contributed by atoms with Crippen molar-refractivity contribution in [3.63, 3.8) is 0 Å². The Bertz CT molecular complexity index is 224. The van der Waals surface area contributed by atoms with Gasteiger partial charge in [-0.2, -0.15) is 0 Å². The third-order valence-electron chi connectivity index (χ3n) is 1.99. The molecule has 0 amide bonds. The number of carboxylic acids is 1. The Labute approximate surface area is 99.6 Å². The number of aliphatic carboxylic acids is 1. The highest BCUT2D eigenvalue weighted by Crippen LogP contribution is 2.22. The molecular weight excluding hydrogens is 260 g/mol. The van der Waals surface area contributed by atoms with Crippen molar-refractivity contribution in [1.29, 1.82) is 0 Å². The molecular formula is C11H19BrO3. The molecule has 0 aliphatic heterocycles. The molecule has 0 aromatic rings. The van der Waals surface area contributed by atoms with E-state index in [1.807, 2.05) is 13.8 Å². The molecule has 0 spiro atoms. The van der Waals surface area contributed by atoms with Gasteiger partial charge in [0.05, 0.1) is 5.33 Å². The first-order valence-electron chi connectivity index (χ1n) is 5.02. The zero-order valence-corrected chi connectivity index (χ0v) is 11.0. The summed E-state index contributed by atoms with van der Waals surface area (Å²) in [7, 11) is 0. The first-order chi connectivity index (χ1) is 6.87. The lowest BCUT2D eigenvalue weighted by atomic mass is 10.0. The van der Waals surface area contributed by atoms with Crippen molar-refractivity contribution >= 4 is 21.9 Å². The fraction of sp³-hybridized carbons (Fsp3) is 0.727. The van der Waals surface area contributed by atoms with Crippen LogP contribution in [0.25, 0.3) is 0 Å². The van der Waals surface area contributed by atoms with Crippen LogP contribution in [0.5, 0.6) is 0 Å². The number of hydrogen-bond acceptors (Lipinski definition) is 2. The van der Waals surface area contributed by atoms with Gasteiger partial charge in [0.1, 0.15) is 11.4 Å². The lowest BCUT2D eigenvalue weighted by Gasteiger charge is -2.27. The smallest absolute Gasteiger partial charge is 0.303 e. The highest BCUT2D eigenvalue weighted by Gasteiger charge is 2.19. The number of halogens is 1. The minimum absolute atomic E-state index is 0.232. The van der Waals surface area contributed by atoms with Crippen LogP contribution in [0, 0.1) is 0 Å². The van der Waals surface area contributed by atoms with E-state index in [-0.39, 0.29) is 12.0 Å². The van der Waals surface area contributed by atoms with E-state index in [0.717, 1.165) is 12.8 Å². The number of rotatable bonds is 8. The first-order valence-corrected chi connectivity index (χ1v) is 6.14. The van der Waals surface area contributed by atoms with Crippen molar-refractivity contribution in [3.05, 3.63) is 12.3 Å². The van der Waals surface area contributed by atoms with Gasteiger partial charge in [-0.05, 0) is 33.1 Å². The Morgan fingerprint density at radius 3 is 2.53 bits per heavy atom. The molecule has 0 heterocycles. The van der Waals surface area contributed by atoms with Gasteiger partial charge in [0.2, 0.25) is 0 Å². The number of unbranched alkanes of at least 4 members (excludes halogenated alkanes) is 1. The van der Waals surface area contributed by atoms with Gasteiger partial charge in [-0.3, -0.25) is 4.79 Å². The van der Waals surface area contributed by atoms with Crippen LogP contribution < -0.4 is 0 Å². The molecule has 1 N–H and O–H groups in total. The number of carbonyl (C=O) groups is 1. The standard InChI is InChI=1S/C11H19BrO3/c1-9(8-12)15-11(2,3)7-5-4-6-10(13)14/h1,4-8H2,2-3H3,(H,13,14). The number of ether oxygens (including phenoxy) is 1. The predicted molar refractivity (Wildman–Crippen MR) is 64.2 cm³/mol. The van der Waals surface area contributed by atoms with Gasteiger partial charge in [-0.25, -0.2) is 0 Å². The minimum Gasteiger partial charge on any atom is -0.492 e. The average molecular weight is 279 g/mol. The van der Waals surface area contributed by atoms with E-state index < -0.39 is 5.97 Å². The van der Waals surface area contributed by atoms with Gasteiger partial charge in [0, 0.05) is 6.42 Å². The summed E-state index contributed by atoms with van der Waals surface area (Å²) in [6.07, 6.45) is 2.62. The first kappa shape index (κ1) is 14.5. The van der Waals surface area contributed by atoms with E-state index in [2.05, 4.69) is 22.5 Å². The molecule has 0 bridgehead atoms. The van der Waals surface area contributed by atoms with Crippen LogP contribution in [-0.2, 0) is 9.53 Å². The van der Waals surface area contributed by atoms with E-state index >= 15 is 0 Å². The van der Waals surface area contributed by atoms with Crippen molar-refractivity contribution in [2.24, 2.45) is 0 Å². The Hall–Kier alpha value is -0.510. The van der Waals surface area contributed by atoms with Crippen LogP contribution in [0.15, 0.2) is 12.3 Å². The maximum atomic E-state index is 10.3. The second-order valence-electron chi connectivity index (χ2n) is 4.13. The predicted octanol–water partition coefficient (Wildman–Crippen LogP) is 3.34. The number of alkyl halides is 1. The summed E-state index contributed by atoms with van der Waals surface area (Å²) in [4.78, 5) is 10.3. The summed E-state index contributed by atoms with van der Waals surface area (Å²) in [5.74, 6) is -0.0307. The van der Waals surface area contributed by atoms with Crippen LogP contribution in [0.2, 0.25) is 0 Å². The summed E-state index contributed by atoms with van der Waals surface area (Å²) >= 11 is 3.27. The van der Waals surface area contributed by atoms with Crippen LogP contribution in [-0.4, -0.2) is 22.0 Å². The second kappa shape index (κ2) is 6.88. The normalized spacial score (nSPS) is 11.1. The molecule has 0 saturated carbocycles. The molecule has 0 aliphatic rings. The zero-order chi connectivity index (χ0) is 11.9. The van der Waals surface area contributed by atoms with Crippen molar-refractivity contribution in [3.8, 4) is 0 Å². The van der Waals surface area contributed by atoms with Crippen LogP contribution in [0.1, 0.15) is 39.5 Å². The molecule has 0 radical (unpaired) electrons. The van der Waals surface area contributed by atoms with Gasteiger partial charge in [-0.1, -0.05) is 22.5 Å². The Kier molecular flexibility index (Phi) is 6.65. The summed E-state index contributed by atoms with van der Waals surface area (Å²) in [5.41, 5.74) is -0.261. The molecule has 0 rings (SSSR count). The lowest BCUT2D eigenvalue weighted by Crippen LogP contribution is -2.24. The third-order valence-corrected chi connectivity index (χ3v) is 2.61. The van der Waals surface area contributed by atoms with E-state index in [9.17, 15) is 4.79 Å². The number of carboxylic acid groups (broad SMARTS) is 1. The molecule has 0 atom stereocenters. The largest absolute Gasteiger partial charge is 0.492 e. The van der Waals surface area contributed by atoms with Crippen LogP contribution in [0.3, 0.4) is 0 Å². The van der Waals surface area contributed by atoms with Crippen molar-refractivity contribution in [1.82, 2.24) is 0 Å². The molecule has 3 nitrogen and oxygen atoms in total. The molecule has 0 unspecified atom stereocenters. The van der Waals surface area contributed by atoms with Gasteiger partial charge in [-0.15, -0.1) is 0 Å². The summed E-state index contributed by atoms with van der Waals surface area (Å²) in [5, 5.41) is 9.11. The van der Waals surface area contributed by atoms with E-state index in [1.165, 1.54) is 0 Å². The molecule has 0 saturated heterocycles. The number of hydrogen-bond donors (Lipinski definition) is 1. The Balaban J connectivity index is 3.73. The maximum Gasteiger partial charge on any atom is 0.303 e. The average Bonchev–Trinajstić information content (AvgIpc) is 2.11. The molecule has 15 heavy (non-hydrogen) atoms. The van der Waals surface area contributed by atoms with Crippen LogP contribution in [0.4, 0.5) is 0 Å². The third kappa shape index (κ3) is 8.48. The molecule has 0 aromatic carbocycles. The maximum absolute atomic E-state index is 10.3. The summed E-state index contributed by atoms with van der Waals surface area (Å²) < 4.78 is 5.61. The van der Waals surface area contributed by atoms with Crippen molar-refractivity contribution in [2.75, 3.05) is 5.33 Å². The van der Waals surface area contributed by atoms with E-state index in [1.54, 1.807) is 0 Å². The monoisotopic (exact) mass is 278 g/mol. The second-order valence-corrected chi connectivity index (χ2v) is 4.70. The molecule has 0 aromatic heterocycles. The highest BCUT2D eigenvalue weighted by atomic mass is 79.9. The zero-order valence-electron chi connectivity index (χ0n) is 9.38. The SMILES string of the molecule is C=C(CBr)OC(C)(C)CCCCC(=O)O. The minimum atomic E-state index is -0.737. The summed E-state index contributed by atoms with van der Waals surface area (Å²) in [6, 6.07) is 0. The molecule has 4 heteroatoms. The van der Waals surface area contributed by atoms with Crippen LogP contribution >= 0.6 is 15.9 Å². The van der Waals surface area contributed by atoms with Crippen molar-refractivity contribution in [2.45, 2.75) is 45.1 Å². The Morgan fingerprint density at radius 1 is 1.47 bits per heavy atom. The van der Waals surface area contributed by atoms with Gasteiger partial charge < -0.3 is 9.84 Å². The van der Waals surface area contributed by atoms with Gasteiger partial charge in [0.25, 0.3) is 0 Å². The van der Waals surface area contributed by atoms with E-state index in [4.69, 9.17) is 9.84 Å². The topological polar surface area (TPSA) is 46.5 Å². The van der Waals surface area contributed by atoms with E-state index in [0.29, 0.717) is 17.5 Å². The highest BCUT2D eigenvalue weighted by molar-refractivity contribution is 9.09. The lowest BCUT2D eigenvalue weighted by molar-refractivity contribution is -0.137. The van der Waals surface area contributed by atoms with Gasteiger partial charge in [0.15, 0.2) is 0 Å². The van der Waals surface area contributed by atoms with Crippen molar-refractivity contribution < 1.29 is 14.6 Å². The molecule has 0 aliphatic carbocycles. The molecule has 88 valence electrons. The number of allylic oxidation sites excluding steroid dienone is 1. The fourth-order valence-electron chi connectivity index (χ4n) is 1.30. The Morgan fingerprint density at radius 2 is 2.07 bits per heavy atom.